The maximum Gasteiger partial charge on any atom is 0.269 e. The van der Waals surface area contributed by atoms with Gasteiger partial charge in [0, 0.05) is 6.61 Å². The first kappa shape index (κ1) is 11.8. The van der Waals surface area contributed by atoms with Crippen LogP contribution < -0.4 is 11.1 Å². The third-order valence-corrected chi connectivity index (χ3v) is 2.82. The zero-order valence-corrected chi connectivity index (χ0v) is 9.72. The number of nitrogens with two attached hydrogens (primary N) is 1. The van der Waals surface area contributed by atoms with E-state index in [1.807, 2.05) is 6.92 Å². The Bertz CT molecular complexity index is 387. The Hall–Kier alpha value is -1.69. The van der Waals surface area contributed by atoms with Gasteiger partial charge >= 0.3 is 0 Å². The zero-order valence-electron chi connectivity index (χ0n) is 9.72. The second kappa shape index (κ2) is 5.09. The van der Waals surface area contributed by atoms with E-state index in [1.165, 1.54) is 0 Å². The molecule has 2 heterocycles. The number of carbonyl (C=O) groups is 1. The summed E-state index contributed by atoms with van der Waals surface area (Å²) in [5.74, 6) is 0.0502. The summed E-state index contributed by atoms with van der Waals surface area (Å²) in [4.78, 5) is 10.8. The lowest BCUT2D eigenvalue weighted by Crippen LogP contribution is -2.30. The molecule has 1 aliphatic rings. The van der Waals surface area contributed by atoms with Crippen molar-refractivity contribution >= 4 is 11.7 Å². The molecule has 0 aromatic carbocycles. The molecule has 0 bridgehead atoms. The molecule has 0 saturated carbocycles. The van der Waals surface area contributed by atoms with Gasteiger partial charge in [0.2, 0.25) is 0 Å². The number of aromatic nitrogens is 2. The van der Waals surface area contributed by atoms with Gasteiger partial charge < -0.3 is 15.8 Å². The van der Waals surface area contributed by atoms with Gasteiger partial charge in [-0.05, 0) is 31.9 Å². The van der Waals surface area contributed by atoms with Crippen LogP contribution in [0, 0.1) is 0 Å². The first-order chi connectivity index (χ1) is 8.16. The second-order valence-corrected chi connectivity index (χ2v) is 4.15. The fourth-order valence-corrected chi connectivity index (χ4v) is 1.86. The molecule has 0 aliphatic carbocycles. The van der Waals surface area contributed by atoms with Crippen LogP contribution in [0.2, 0.25) is 0 Å². The van der Waals surface area contributed by atoms with Crippen molar-refractivity contribution < 1.29 is 9.53 Å². The Balaban J connectivity index is 1.96. The third kappa shape index (κ3) is 2.91. The van der Waals surface area contributed by atoms with Crippen LogP contribution in [-0.2, 0) is 4.74 Å². The summed E-state index contributed by atoms with van der Waals surface area (Å²) in [6.07, 6.45) is 2.37. The third-order valence-electron chi connectivity index (χ3n) is 2.82. The van der Waals surface area contributed by atoms with E-state index in [0.29, 0.717) is 5.82 Å². The summed E-state index contributed by atoms with van der Waals surface area (Å²) in [5.41, 5.74) is 5.25. The van der Waals surface area contributed by atoms with Gasteiger partial charge in [0.1, 0.15) is 5.82 Å². The standard InChI is InChI=1S/C11H16N4O2/c1-7(9-3-2-6-17-9)13-10-5-4-8(11(12)16)14-15-10/h4-5,7,9H,2-3,6H2,1H3,(H2,12,16)(H,13,15). The number of rotatable bonds is 4. The maximum atomic E-state index is 10.8. The average Bonchev–Trinajstić information content (AvgIpc) is 2.83. The van der Waals surface area contributed by atoms with Crippen molar-refractivity contribution in [2.24, 2.45) is 5.73 Å². The number of primary amides is 1. The lowest BCUT2D eigenvalue weighted by Gasteiger charge is -2.20. The number of amides is 1. The predicted molar refractivity (Wildman–Crippen MR) is 62.6 cm³/mol. The van der Waals surface area contributed by atoms with E-state index in [9.17, 15) is 4.79 Å². The highest BCUT2D eigenvalue weighted by molar-refractivity contribution is 5.90. The van der Waals surface area contributed by atoms with Gasteiger partial charge in [0.15, 0.2) is 5.69 Å². The highest BCUT2D eigenvalue weighted by Crippen LogP contribution is 2.17. The normalized spacial score (nSPS) is 21.1. The van der Waals surface area contributed by atoms with Gasteiger partial charge in [-0.15, -0.1) is 10.2 Å². The van der Waals surface area contributed by atoms with E-state index in [-0.39, 0.29) is 17.8 Å². The Labute approximate surface area is 99.6 Å². The van der Waals surface area contributed by atoms with Crippen molar-refractivity contribution in [1.82, 2.24) is 10.2 Å². The van der Waals surface area contributed by atoms with Crippen LogP contribution in [0.25, 0.3) is 0 Å². The summed E-state index contributed by atoms with van der Waals surface area (Å²) < 4.78 is 5.56. The minimum Gasteiger partial charge on any atom is -0.376 e. The fraction of sp³-hybridized carbons (Fsp3) is 0.545. The SMILES string of the molecule is CC(Nc1ccc(C(N)=O)nn1)C1CCCO1. The summed E-state index contributed by atoms with van der Waals surface area (Å²) in [6.45, 7) is 2.86. The van der Waals surface area contributed by atoms with Gasteiger partial charge in [-0.1, -0.05) is 0 Å². The highest BCUT2D eigenvalue weighted by atomic mass is 16.5. The first-order valence-corrected chi connectivity index (χ1v) is 5.68. The number of carbonyl (C=O) groups excluding carboxylic acids is 1. The molecule has 0 radical (unpaired) electrons. The van der Waals surface area contributed by atoms with E-state index in [4.69, 9.17) is 10.5 Å². The van der Waals surface area contributed by atoms with Crippen molar-refractivity contribution in [3.05, 3.63) is 17.8 Å². The summed E-state index contributed by atoms with van der Waals surface area (Å²) >= 11 is 0. The topological polar surface area (TPSA) is 90.1 Å². The molecule has 92 valence electrons. The summed E-state index contributed by atoms with van der Waals surface area (Å²) in [5, 5.41) is 10.8. The van der Waals surface area contributed by atoms with Gasteiger partial charge in [0.25, 0.3) is 5.91 Å². The first-order valence-electron chi connectivity index (χ1n) is 5.68. The minimum absolute atomic E-state index is 0.167. The minimum atomic E-state index is -0.573. The van der Waals surface area contributed by atoms with Crippen LogP contribution in [-0.4, -0.2) is 34.9 Å². The number of anilines is 1. The molecule has 2 rings (SSSR count). The van der Waals surface area contributed by atoms with Crippen LogP contribution in [0.4, 0.5) is 5.82 Å². The fourth-order valence-electron chi connectivity index (χ4n) is 1.86. The van der Waals surface area contributed by atoms with Crippen LogP contribution in [0.3, 0.4) is 0 Å². The molecule has 1 aromatic heterocycles. The molecule has 6 nitrogen and oxygen atoms in total. The predicted octanol–water partition coefficient (Wildman–Crippen LogP) is 0.555. The van der Waals surface area contributed by atoms with Crippen molar-refractivity contribution in [1.29, 1.82) is 0 Å². The molecule has 2 atom stereocenters. The van der Waals surface area contributed by atoms with Gasteiger partial charge in [-0.3, -0.25) is 4.79 Å². The van der Waals surface area contributed by atoms with E-state index >= 15 is 0 Å². The van der Waals surface area contributed by atoms with Crippen molar-refractivity contribution in [3.8, 4) is 0 Å². The Kier molecular flexibility index (Phi) is 3.53. The largest absolute Gasteiger partial charge is 0.376 e. The second-order valence-electron chi connectivity index (χ2n) is 4.15. The van der Waals surface area contributed by atoms with Crippen molar-refractivity contribution in [2.75, 3.05) is 11.9 Å². The van der Waals surface area contributed by atoms with Crippen molar-refractivity contribution in [3.63, 3.8) is 0 Å². The number of nitrogens with one attached hydrogen (secondary N) is 1. The van der Waals surface area contributed by atoms with E-state index in [2.05, 4.69) is 15.5 Å². The van der Waals surface area contributed by atoms with Crippen LogP contribution in [0.1, 0.15) is 30.3 Å². The molecule has 6 heteroatoms. The molecule has 2 unspecified atom stereocenters. The quantitative estimate of drug-likeness (QED) is 0.797. The lowest BCUT2D eigenvalue weighted by molar-refractivity contribution is 0.0989. The number of hydrogen-bond acceptors (Lipinski definition) is 5. The van der Waals surface area contributed by atoms with E-state index in [0.717, 1.165) is 19.4 Å². The molecule has 1 fully saturated rings. The Morgan fingerprint density at radius 2 is 2.41 bits per heavy atom. The number of hydrogen-bond donors (Lipinski definition) is 2. The number of ether oxygens (including phenoxy) is 1. The molecule has 1 saturated heterocycles. The van der Waals surface area contributed by atoms with Crippen LogP contribution in [0.15, 0.2) is 12.1 Å². The molecule has 17 heavy (non-hydrogen) atoms. The zero-order chi connectivity index (χ0) is 12.3. The summed E-state index contributed by atoms with van der Waals surface area (Å²) in [7, 11) is 0. The molecule has 0 spiro atoms. The smallest absolute Gasteiger partial charge is 0.269 e. The van der Waals surface area contributed by atoms with E-state index < -0.39 is 5.91 Å². The Morgan fingerprint density at radius 1 is 1.59 bits per heavy atom. The molecular weight excluding hydrogens is 220 g/mol. The molecule has 1 aliphatic heterocycles. The maximum absolute atomic E-state index is 10.8. The molecule has 1 aromatic rings. The van der Waals surface area contributed by atoms with Gasteiger partial charge in [-0.25, -0.2) is 0 Å². The number of nitrogens with zero attached hydrogens (tertiary/aromatic N) is 2. The van der Waals surface area contributed by atoms with Crippen LogP contribution >= 0.6 is 0 Å². The van der Waals surface area contributed by atoms with Gasteiger partial charge in [-0.2, -0.15) is 0 Å². The summed E-state index contributed by atoms with van der Waals surface area (Å²) in [6, 6.07) is 3.42. The molecule has 3 N–H and O–H groups in total. The van der Waals surface area contributed by atoms with Gasteiger partial charge in [0.05, 0.1) is 12.1 Å². The van der Waals surface area contributed by atoms with Crippen LogP contribution in [0.5, 0.6) is 0 Å². The van der Waals surface area contributed by atoms with E-state index in [1.54, 1.807) is 12.1 Å². The van der Waals surface area contributed by atoms with Crippen molar-refractivity contribution in [2.45, 2.75) is 31.9 Å². The molecular formula is C11H16N4O2. The highest BCUT2D eigenvalue weighted by Gasteiger charge is 2.22. The molecule has 1 amide bonds. The Morgan fingerprint density at radius 3 is 2.94 bits per heavy atom. The average molecular weight is 236 g/mol. The lowest BCUT2D eigenvalue weighted by atomic mass is 10.1. The monoisotopic (exact) mass is 236 g/mol.